The summed E-state index contributed by atoms with van der Waals surface area (Å²) < 4.78 is 0. The molecule has 2 rings (SSSR count). The second-order valence-corrected chi connectivity index (χ2v) is 5.84. The second kappa shape index (κ2) is 8.27. The lowest BCUT2D eigenvalue weighted by Gasteiger charge is -2.33. The number of rotatable bonds is 6. The van der Waals surface area contributed by atoms with Crippen molar-refractivity contribution < 1.29 is 15.0 Å². The molecule has 0 aliphatic carbocycles. The highest BCUT2D eigenvalue weighted by Gasteiger charge is 2.33. The van der Waals surface area contributed by atoms with Crippen molar-refractivity contribution in [3.63, 3.8) is 0 Å². The number of likely N-dealkylation sites (N-methyl/N-ethyl adjacent to an activating group) is 1. The molecule has 0 radical (unpaired) electrons. The van der Waals surface area contributed by atoms with E-state index in [-0.39, 0.29) is 18.9 Å². The Morgan fingerprint density at radius 2 is 2.00 bits per heavy atom. The number of amides is 1. The number of piperidine rings is 1. The molecule has 0 unspecified atom stereocenters. The van der Waals surface area contributed by atoms with Crippen LogP contribution >= 0.6 is 0 Å². The quantitative estimate of drug-likeness (QED) is 0.718. The topological polar surface area (TPSA) is 72.8 Å². The minimum absolute atomic E-state index is 0.0153. The molecule has 1 fully saturated rings. The van der Waals surface area contributed by atoms with Gasteiger partial charge in [-0.15, -0.1) is 0 Å². The number of nitrogens with zero attached hydrogens (tertiary/aromatic N) is 1. The minimum atomic E-state index is -0.821. The number of hydrogen-bond donors (Lipinski definition) is 3. The van der Waals surface area contributed by atoms with E-state index in [2.05, 4.69) is 17.4 Å². The van der Waals surface area contributed by atoms with Gasteiger partial charge in [0.2, 0.25) is 5.91 Å². The zero-order valence-electron chi connectivity index (χ0n) is 13.1. The summed E-state index contributed by atoms with van der Waals surface area (Å²) in [5.74, 6) is 0.0153. The summed E-state index contributed by atoms with van der Waals surface area (Å²) in [6.07, 6.45) is 0.538. The van der Waals surface area contributed by atoms with Crippen LogP contribution in [0.4, 0.5) is 0 Å². The largest absolute Gasteiger partial charge is 0.390 e. The maximum Gasteiger partial charge on any atom is 0.239 e. The lowest BCUT2D eigenvalue weighted by Crippen LogP contribution is -2.56. The summed E-state index contributed by atoms with van der Waals surface area (Å²) >= 11 is 0. The van der Waals surface area contributed by atoms with E-state index in [1.807, 2.05) is 30.0 Å². The van der Waals surface area contributed by atoms with Crippen LogP contribution in [0.5, 0.6) is 0 Å². The van der Waals surface area contributed by atoms with Gasteiger partial charge in [0.15, 0.2) is 0 Å². The predicted octanol–water partition coefficient (Wildman–Crippen LogP) is 0.551. The summed E-state index contributed by atoms with van der Waals surface area (Å²) in [6.45, 7) is 3.60. The lowest BCUT2D eigenvalue weighted by atomic mass is 9.98. The maximum atomic E-state index is 12.5. The van der Waals surface area contributed by atoms with Crippen LogP contribution in [0.15, 0.2) is 30.3 Å². The van der Waals surface area contributed by atoms with Crippen molar-refractivity contribution >= 4 is 5.91 Å². The van der Waals surface area contributed by atoms with Crippen LogP contribution < -0.4 is 5.32 Å². The third-order valence-electron chi connectivity index (χ3n) is 4.22. The molecular weight excluding hydrogens is 280 g/mol. The first-order valence-corrected chi connectivity index (χ1v) is 8.04. The van der Waals surface area contributed by atoms with Crippen molar-refractivity contribution in [3.05, 3.63) is 35.9 Å². The van der Waals surface area contributed by atoms with E-state index in [0.717, 1.165) is 12.8 Å². The molecule has 122 valence electrons. The Morgan fingerprint density at radius 3 is 2.64 bits per heavy atom. The van der Waals surface area contributed by atoms with Crippen molar-refractivity contribution in [1.29, 1.82) is 0 Å². The van der Waals surface area contributed by atoms with Crippen LogP contribution in [-0.2, 0) is 11.2 Å². The first kappa shape index (κ1) is 16.9. The van der Waals surface area contributed by atoms with Crippen molar-refractivity contribution in [2.75, 3.05) is 19.6 Å². The number of carbonyl (C=O) groups is 1. The minimum Gasteiger partial charge on any atom is -0.390 e. The SMILES string of the molecule is CCN(CCCc1ccccc1)C(=O)[C@@H]1C[C@@H](O)[C@H](O)CN1. The summed E-state index contributed by atoms with van der Waals surface area (Å²) in [6, 6.07) is 9.85. The fourth-order valence-electron chi connectivity index (χ4n) is 2.83. The van der Waals surface area contributed by atoms with Gasteiger partial charge < -0.3 is 20.4 Å². The average Bonchev–Trinajstić information content (AvgIpc) is 2.54. The Balaban J connectivity index is 1.81. The van der Waals surface area contributed by atoms with Gasteiger partial charge in [-0.05, 0) is 25.3 Å². The van der Waals surface area contributed by atoms with Gasteiger partial charge in [-0.1, -0.05) is 30.3 Å². The molecule has 1 aliphatic rings. The average molecular weight is 306 g/mol. The zero-order valence-corrected chi connectivity index (χ0v) is 13.1. The molecular formula is C17H26N2O3. The van der Waals surface area contributed by atoms with E-state index in [9.17, 15) is 15.0 Å². The van der Waals surface area contributed by atoms with E-state index in [0.29, 0.717) is 13.1 Å². The van der Waals surface area contributed by atoms with E-state index in [1.165, 1.54) is 5.56 Å². The molecule has 1 aliphatic heterocycles. The van der Waals surface area contributed by atoms with Gasteiger partial charge in [0.25, 0.3) is 0 Å². The number of carbonyl (C=O) groups excluding carboxylic acids is 1. The predicted molar refractivity (Wildman–Crippen MR) is 85.4 cm³/mol. The first-order valence-electron chi connectivity index (χ1n) is 8.04. The Kier molecular flexibility index (Phi) is 6.36. The molecule has 3 atom stereocenters. The fourth-order valence-corrected chi connectivity index (χ4v) is 2.83. The van der Waals surface area contributed by atoms with Gasteiger partial charge >= 0.3 is 0 Å². The molecule has 0 saturated carbocycles. The third kappa shape index (κ3) is 4.53. The number of nitrogens with one attached hydrogen (secondary N) is 1. The highest BCUT2D eigenvalue weighted by Crippen LogP contribution is 2.12. The van der Waals surface area contributed by atoms with Crippen LogP contribution in [0.3, 0.4) is 0 Å². The van der Waals surface area contributed by atoms with Crippen LogP contribution in [-0.4, -0.2) is 58.9 Å². The second-order valence-electron chi connectivity index (χ2n) is 5.84. The van der Waals surface area contributed by atoms with E-state index in [4.69, 9.17) is 0 Å². The van der Waals surface area contributed by atoms with Gasteiger partial charge in [-0.2, -0.15) is 0 Å². The van der Waals surface area contributed by atoms with Crippen LogP contribution in [0.1, 0.15) is 25.3 Å². The molecule has 1 aromatic rings. The number of benzene rings is 1. The summed E-state index contributed by atoms with van der Waals surface area (Å²) in [5.41, 5.74) is 1.28. The molecule has 0 bridgehead atoms. The van der Waals surface area contributed by atoms with E-state index in [1.54, 1.807) is 0 Å². The molecule has 1 heterocycles. The molecule has 5 heteroatoms. The number of hydrogen-bond acceptors (Lipinski definition) is 4. The highest BCUT2D eigenvalue weighted by atomic mass is 16.3. The van der Waals surface area contributed by atoms with Gasteiger partial charge in [0, 0.05) is 26.1 Å². The molecule has 0 aromatic heterocycles. The maximum absolute atomic E-state index is 12.5. The van der Waals surface area contributed by atoms with Gasteiger partial charge in [-0.25, -0.2) is 0 Å². The van der Waals surface area contributed by atoms with Gasteiger partial charge in [0.1, 0.15) is 0 Å². The Labute approximate surface area is 131 Å². The van der Waals surface area contributed by atoms with E-state index >= 15 is 0 Å². The monoisotopic (exact) mass is 306 g/mol. The van der Waals surface area contributed by atoms with Crippen molar-refractivity contribution in [2.24, 2.45) is 0 Å². The normalized spacial score (nSPS) is 25.0. The molecule has 1 saturated heterocycles. The number of aryl methyl sites for hydroxylation is 1. The number of aliphatic hydroxyl groups excluding tert-OH is 2. The zero-order chi connectivity index (χ0) is 15.9. The Hall–Kier alpha value is -1.43. The molecule has 1 amide bonds. The first-order chi connectivity index (χ1) is 10.6. The van der Waals surface area contributed by atoms with Crippen LogP contribution in [0.2, 0.25) is 0 Å². The Morgan fingerprint density at radius 1 is 1.27 bits per heavy atom. The van der Waals surface area contributed by atoms with Crippen molar-refractivity contribution in [2.45, 2.75) is 44.4 Å². The van der Waals surface area contributed by atoms with E-state index < -0.39 is 18.2 Å². The summed E-state index contributed by atoms with van der Waals surface area (Å²) in [7, 11) is 0. The molecule has 5 nitrogen and oxygen atoms in total. The smallest absolute Gasteiger partial charge is 0.239 e. The van der Waals surface area contributed by atoms with Gasteiger partial charge in [0.05, 0.1) is 18.2 Å². The van der Waals surface area contributed by atoms with Crippen LogP contribution in [0, 0.1) is 0 Å². The summed E-state index contributed by atoms with van der Waals surface area (Å²) in [4.78, 5) is 14.3. The lowest BCUT2D eigenvalue weighted by molar-refractivity contribution is -0.136. The van der Waals surface area contributed by atoms with Crippen LogP contribution in [0.25, 0.3) is 0 Å². The summed E-state index contributed by atoms with van der Waals surface area (Å²) in [5, 5.41) is 22.2. The number of aliphatic hydroxyl groups is 2. The molecule has 1 aromatic carbocycles. The van der Waals surface area contributed by atoms with Crippen molar-refractivity contribution in [1.82, 2.24) is 10.2 Å². The standard InChI is InChI=1S/C17H26N2O3/c1-2-19(10-6-9-13-7-4-3-5-8-13)17(22)14-11-15(20)16(21)12-18-14/h3-5,7-8,14-16,18,20-21H,2,6,9-12H2,1H3/t14-,15+,16+/m0/s1. The third-order valence-corrected chi connectivity index (χ3v) is 4.22. The Bertz CT molecular complexity index is 466. The molecule has 22 heavy (non-hydrogen) atoms. The highest BCUT2D eigenvalue weighted by molar-refractivity contribution is 5.82. The number of β-amino-alcohol motifs (C(OH)–C–C–N with tert-alkyl or cyclic N) is 1. The molecule has 3 N–H and O–H groups in total. The van der Waals surface area contributed by atoms with Crippen molar-refractivity contribution in [3.8, 4) is 0 Å². The molecule has 0 spiro atoms. The fraction of sp³-hybridized carbons (Fsp3) is 0.588. The van der Waals surface area contributed by atoms with Gasteiger partial charge in [-0.3, -0.25) is 4.79 Å².